The van der Waals surface area contributed by atoms with Gasteiger partial charge in [-0.1, -0.05) is 12.1 Å². The average molecular weight is 279 g/mol. The van der Waals surface area contributed by atoms with Crippen LogP contribution in [-0.2, 0) is 0 Å². The Morgan fingerprint density at radius 3 is 2.50 bits per heavy atom. The smallest absolute Gasteiger partial charge is 0.123 e. The fourth-order valence-electron chi connectivity index (χ4n) is 2.73. The van der Waals surface area contributed by atoms with Crippen molar-refractivity contribution >= 4 is 0 Å². The van der Waals surface area contributed by atoms with Gasteiger partial charge in [0.25, 0.3) is 0 Å². The first-order chi connectivity index (χ1) is 9.56. The van der Waals surface area contributed by atoms with Gasteiger partial charge in [-0.3, -0.25) is 4.90 Å². The van der Waals surface area contributed by atoms with Crippen LogP contribution in [0.5, 0.6) is 0 Å². The van der Waals surface area contributed by atoms with E-state index in [4.69, 9.17) is 5.73 Å². The summed E-state index contributed by atoms with van der Waals surface area (Å²) < 4.78 is 13.2. The Morgan fingerprint density at radius 2 is 1.90 bits per heavy atom. The predicted molar refractivity (Wildman–Crippen MR) is 81.1 cm³/mol. The van der Waals surface area contributed by atoms with Crippen LogP contribution >= 0.6 is 0 Å². The molecular weight excluding hydrogens is 253 g/mol. The fourth-order valence-corrected chi connectivity index (χ4v) is 2.73. The van der Waals surface area contributed by atoms with Crippen molar-refractivity contribution in [1.29, 1.82) is 0 Å². The number of nitrogens with two attached hydrogens (primary N) is 1. The van der Waals surface area contributed by atoms with Crippen molar-refractivity contribution in [3.05, 3.63) is 35.6 Å². The van der Waals surface area contributed by atoms with E-state index in [-0.39, 0.29) is 11.9 Å². The van der Waals surface area contributed by atoms with E-state index in [2.05, 4.69) is 23.6 Å². The van der Waals surface area contributed by atoms with Crippen molar-refractivity contribution in [3.63, 3.8) is 0 Å². The molecule has 0 bridgehead atoms. The van der Waals surface area contributed by atoms with Gasteiger partial charge in [-0.15, -0.1) is 0 Å². The van der Waals surface area contributed by atoms with Gasteiger partial charge in [0.15, 0.2) is 0 Å². The van der Waals surface area contributed by atoms with Crippen LogP contribution in [0, 0.1) is 5.82 Å². The van der Waals surface area contributed by atoms with Crippen molar-refractivity contribution in [2.24, 2.45) is 5.73 Å². The molecular formula is C16H26FN3. The summed E-state index contributed by atoms with van der Waals surface area (Å²) in [6, 6.07) is 7.19. The number of piperazine rings is 1. The molecule has 1 aliphatic rings. The first kappa shape index (κ1) is 15.4. The second kappa shape index (κ2) is 7.16. The molecule has 1 saturated heterocycles. The minimum absolute atomic E-state index is 0.0752. The van der Waals surface area contributed by atoms with Gasteiger partial charge in [-0.05, 0) is 38.0 Å². The van der Waals surface area contributed by atoms with Crippen LogP contribution < -0.4 is 5.73 Å². The highest BCUT2D eigenvalue weighted by molar-refractivity contribution is 5.19. The van der Waals surface area contributed by atoms with Crippen molar-refractivity contribution in [2.45, 2.75) is 32.4 Å². The molecule has 1 unspecified atom stereocenters. The summed E-state index contributed by atoms with van der Waals surface area (Å²) in [6.45, 7) is 9.95. The normalized spacial score (nSPS) is 19.4. The molecule has 1 aromatic rings. The summed E-state index contributed by atoms with van der Waals surface area (Å²) in [4.78, 5) is 4.96. The average Bonchev–Trinajstić information content (AvgIpc) is 2.45. The number of hydrogen-bond donors (Lipinski definition) is 1. The van der Waals surface area contributed by atoms with Gasteiger partial charge in [-0.2, -0.15) is 0 Å². The molecule has 0 saturated carbocycles. The topological polar surface area (TPSA) is 32.5 Å². The molecule has 2 N–H and O–H groups in total. The summed E-state index contributed by atoms with van der Waals surface area (Å²) in [5.74, 6) is -0.205. The van der Waals surface area contributed by atoms with E-state index >= 15 is 0 Å². The van der Waals surface area contributed by atoms with E-state index < -0.39 is 0 Å². The van der Waals surface area contributed by atoms with Gasteiger partial charge in [0, 0.05) is 44.8 Å². The summed E-state index contributed by atoms with van der Waals surface area (Å²) in [5.41, 5.74) is 7.05. The number of hydrogen-bond acceptors (Lipinski definition) is 3. The van der Waals surface area contributed by atoms with Gasteiger partial charge >= 0.3 is 0 Å². The zero-order valence-corrected chi connectivity index (χ0v) is 12.6. The third-order valence-electron chi connectivity index (χ3n) is 4.17. The zero-order chi connectivity index (χ0) is 14.5. The lowest BCUT2D eigenvalue weighted by Crippen LogP contribution is -2.49. The number of rotatable bonds is 5. The first-order valence-corrected chi connectivity index (χ1v) is 7.53. The van der Waals surface area contributed by atoms with Crippen LogP contribution in [-0.4, -0.2) is 48.6 Å². The van der Waals surface area contributed by atoms with E-state index in [1.54, 1.807) is 12.1 Å². The Labute approximate surface area is 121 Å². The quantitative estimate of drug-likeness (QED) is 0.897. The Hall–Kier alpha value is -0.970. The van der Waals surface area contributed by atoms with Crippen LogP contribution in [0.15, 0.2) is 24.3 Å². The third-order valence-corrected chi connectivity index (χ3v) is 4.17. The molecule has 2 rings (SSSR count). The predicted octanol–water partition coefficient (Wildman–Crippen LogP) is 2.24. The van der Waals surface area contributed by atoms with Gasteiger partial charge in [0.1, 0.15) is 5.82 Å². The molecule has 0 aromatic heterocycles. The summed E-state index contributed by atoms with van der Waals surface area (Å²) in [7, 11) is 0. The standard InChI is InChI=1S/C16H26FN3/c1-13(2)20-10-8-19(9-11-20)7-6-16(18)14-4-3-5-15(17)12-14/h3-5,12-13,16H,6-11,18H2,1-2H3. The number of nitrogens with zero attached hydrogens (tertiary/aromatic N) is 2. The SMILES string of the molecule is CC(C)N1CCN(CCC(N)c2cccc(F)c2)CC1. The zero-order valence-electron chi connectivity index (χ0n) is 12.6. The lowest BCUT2D eigenvalue weighted by atomic mass is 10.0. The van der Waals surface area contributed by atoms with Gasteiger partial charge in [0.05, 0.1) is 0 Å². The molecule has 0 spiro atoms. The van der Waals surface area contributed by atoms with E-state index in [1.807, 2.05) is 6.07 Å². The Kier molecular flexibility index (Phi) is 5.52. The molecule has 20 heavy (non-hydrogen) atoms. The second-order valence-electron chi connectivity index (χ2n) is 5.92. The monoisotopic (exact) mass is 279 g/mol. The molecule has 0 amide bonds. The lowest BCUT2D eigenvalue weighted by Gasteiger charge is -2.37. The van der Waals surface area contributed by atoms with Crippen molar-refractivity contribution in [1.82, 2.24) is 9.80 Å². The van der Waals surface area contributed by atoms with Crippen LogP contribution in [0.1, 0.15) is 31.9 Å². The van der Waals surface area contributed by atoms with E-state index in [1.165, 1.54) is 6.07 Å². The molecule has 1 aromatic carbocycles. The summed E-state index contributed by atoms with van der Waals surface area (Å²) >= 11 is 0. The molecule has 0 aliphatic carbocycles. The molecule has 1 heterocycles. The summed E-state index contributed by atoms with van der Waals surface area (Å²) in [6.07, 6.45) is 0.880. The molecule has 0 radical (unpaired) electrons. The highest BCUT2D eigenvalue weighted by Crippen LogP contribution is 2.16. The van der Waals surface area contributed by atoms with E-state index in [0.29, 0.717) is 6.04 Å². The van der Waals surface area contributed by atoms with Crippen LogP contribution in [0.4, 0.5) is 4.39 Å². The highest BCUT2D eigenvalue weighted by Gasteiger charge is 2.19. The Balaban J connectivity index is 1.76. The third kappa shape index (κ3) is 4.27. The molecule has 3 nitrogen and oxygen atoms in total. The van der Waals surface area contributed by atoms with Gasteiger partial charge in [0.2, 0.25) is 0 Å². The van der Waals surface area contributed by atoms with Crippen LogP contribution in [0.2, 0.25) is 0 Å². The second-order valence-corrected chi connectivity index (χ2v) is 5.92. The van der Waals surface area contributed by atoms with E-state index in [0.717, 1.165) is 44.7 Å². The first-order valence-electron chi connectivity index (χ1n) is 7.53. The fraction of sp³-hybridized carbons (Fsp3) is 0.625. The Bertz CT molecular complexity index is 414. The molecule has 4 heteroatoms. The Morgan fingerprint density at radius 1 is 1.20 bits per heavy atom. The summed E-state index contributed by atoms with van der Waals surface area (Å²) in [5, 5.41) is 0. The molecule has 1 aliphatic heterocycles. The molecule has 112 valence electrons. The number of halogens is 1. The largest absolute Gasteiger partial charge is 0.324 e. The maximum atomic E-state index is 13.2. The van der Waals surface area contributed by atoms with Crippen LogP contribution in [0.25, 0.3) is 0 Å². The maximum Gasteiger partial charge on any atom is 0.123 e. The lowest BCUT2D eigenvalue weighted by molar-refractivity contribution is 0.106. The van der Waals surface area contributed by atoms with E-state index in [9.17, 15) is 4.39 Å². The van der Waals surface area contributed by atoms with Crippen LogP contribution in [0.3, 0.4) is 0 Å². The van der Waals surface area contributed by atoms with Gasteiger partial charge in [-0.25, -0.2) is 4.39 Å². The number of benzene rings is 1. The molecule has 1 fully saturated rings. The minimum Gasteiger partial charge on any atom is -0.324 e. The van der Waals surface area contributed by atoms with Crippen molar-refractivity contribution in [2.75, 3.05) is 32.7 Å². The van der Waals surface area contributed by atoms with Crippen molar-refractivity contribution in [3.8, 4) is 0 Å². The van der Waals surface area contributed by atoms with Crippen molar-refractivity contribution < 1.29 is 4.39 Å². The minimum atomic E-state index is -0.205. The van der Waals surface area contributed by atoms with Gasteiger partial charge < -0.3 is 10.6 Å². The maximum absolute atomic E-state index is 13.2. The molecule has 1 atom stereocenters. The highest BCUT2D eigenvalue weighted by atomic mass is 19.1.